The highest BCUT2D eigenvalue weighted by molar-refractivity contribution is 7.10. The predicted molar refractivity (Wildman–Crippen MR) is 117 cm³/mol. The van der Waals surface area contributed by atoms with E-state index in [-0.39, 0.29) is 18.5 Å². The third-order valence-electron chi connectivity index (χ3n) is 5.16. The van der Waals surface area contributed by atoms with Gasteiger partial charge in [-0.3, -0.25) is 19.3 Å². The first-order chi connectivity index (χ1) is 14.6. The number of nitrogens with one attached hydrogen (secondary N) is 1. The fraction of sp³-hybridized carbons (Fsp3) is 0.208. The number of nitrogens with zero attached hydrogens (tertiary/aromatic N) is 1. The maximum absolute atomic E-state index is 12.8. The van der Waals surface area contributed by atoms with Gasteiger partial charge >= 0.3 is 0 Å². The number of rotatable bonds is 7. The fourth-order valence-electron chi connectivity index (χ4n) is 3.67. The van der Waals surface area contributed by atoms with E-state index in [4.69, 9.17) is 0 Å². The van der Waals surface area contributed by atoms with E-state index < -0.39 is 11.8 Å². The Morgan fingerprint density at radius 2 is 1.63 bits per heavy atom. The molecule has 4 rings (SSSR count). The number of thiophene rings is 1. The van der Waals surface area contributed by atoms with E-state index in [0.29, 0.717) is 11.1 Å². The maximum atomic E-state index is 12.8. The number of amides is 3. The molecule has 3 aromatic rings. The van der Waals surface area contributed by atoms with Crippen molar-refractivity contribution in [2.24, 2.45) is 0 Å². The number of benzene rings is 2. The Morgan fingerprint density at radius 1 is 0.967 bits per heavy atom. The summed E-state index contributed by atoms with van der Waals surface area (Å²) in [5, 5.41) is 4.97. The van der Waals surface area contributed by atoms with Crippen molar-refractivity contribution in [3.8, 4) is 0 Å². The van der Waals surface area contributed by atoms with E-state index in [2.05, 4.69) is 24.4 Å². The second-order valence-corrected chi connectivity index (χ2v) is 8.23. The molecule has 2 aromatic carbocycles. The SMILES string of the molecule is CCCc1ccc([C@H](NC(=O)CN2C(=O)c3ccccc3C2=O)c2cccs2)cc1. The van der Waals surface area contributed by atoms with Crippen molar-refractivity contribution in [1.29, 1.82) is 0 Å². The molecule has 0 aliphatic carbocycles. The van der Waals surface area contributed by atoms with Gasteiger partial charge in [0, 0.05) is 4.88 Å². The summed E-state index contributed by atoms with van der Waals surface area (Å²) in [6.07, 6.45) is 2.08. The van der Waals surface area contributed by atoms with Gasteiger partial charge in [0.25, 0.3) is 11.8 Å². The van der Waals surface area contributed by atoms with Crippen LogP contribution in [0.1, 0.15) is 56.1 Å². The average Bonchev–Trinajstić information content (AvgIpc) is 3.37. The molecule has 0 bridgehead atoms. The number of imide groups is 1. The first-order valence-corrected chi connectivity index (χ1v) is 10.8. The van der Waals surface area contributed by atoms with Crippen molar-refractivity contribution >= 4 is 29.1 Å². The van der Waals surface area contributed by atoms with E-state index >= 15 is 0 Å². The molecule has 0 fully saturated rings. The largest absolute Gasteiger partial charge is 0.343 e. The van der Waals surface area contributed by atoms with Crippen LogP contribution in [0.5, 0.6) is 0 Å². The number of carbonyl (C=O) groups excluding carboxylic acids is 3. The molecule has 1 N–H and O–H groups in total. The van der Waals surface area contributed by atoms with E-state index in [1.54, 1.807) is 35.6 Å². The average molecular weight is 419 g/mol. The first-order valence-electron chi connectivity index (χ1n) is 9.95. The lowest BCUT2D eigenvalue weighted by Gasteiger charge is -2.20. The minimum atomic E-state index is -0.428. The van der Waals surface area contributed by atoms with Crippen molar-refractivity contribution in [2.75, 3.05) is 6.54 Å². The van der Waals surface area contributed by atoms with Crippen LogP contribution in [0.15, 0.2) is 66.0 Å². The Morgan fingerprint density at radius 3 is 2.20 bits per heavy atom. The van der Waals surface area contributed by atoms with Crippen LogP contribution in [0.25, 0.3) is 0 Å². The molecular weight excluding hydrogens is 396 g/mol. The predicted octanol–water partition coefficient (Wildman–Crippen LogP) is 4.20. The molecule has 2 heterocycles. The van der Waals surface area contributed by atoms with Gasteiger partial charge < -0.3 is 5.32 Å². The van der Waals surface area contributed by atoms with E-state index in [9.17, 15) is 14.4 Å². The Hall–Kier alpha value is -3.25. The molecule has 1 aromatic heterocycles. The minimum absolute atomic E-state index is 0.303. The highest BCUT2D eigenvalue weighted by Crippen LogP contribution is 2.27. The van der Waals surface area contributed by atoms with Crippen LogP contribution in [-0.2, 0) is 11.2 Å². The zero-order valence-corrected chi connectivity index (χ0v) is 17.4. The monoisotopic (exact) mass is 418 g/mol. The van der Waals surface area contributed by atoms with E-state index in [0.717, 1.165) is 28.2 Å². The zero-order chi connectivity index (χ0) is 21.1. The van der Waals surface area contributed by atoms with Gasteiger partial charge in [0.05, 0.1) is 17.2 Å². The van der Waals surface area contributed by atoms with Gasteiger partial charge in [-0.25, -0.2) is 0 Å². The quantitative estimate of drug-likeness (QED) is 0.585. The number of hydrogen-bond donors (Lipinski definition) is 1. The van der Waals surface area contributed by atoms with Gasteiger partial charge in [0.15, 0.2) is 0 Å². The topological polar surface area (TPSA) is 66.5 Å². The molecule has 30 heavy (non-hydrogen) atoms. The molecule has 0 unspecified atom stereocenters. The Kier molecular flexibility index (Phi) is 5.77. The van der Waals surface area contributed by atoms with E-state index in [1.807, 2.05) is 29.6 Å². The third-order valence-corrected chi connectivity index (χ3v) is 6.10. The van der Waals surface area contributed by atoms with Gasteiger partial charge in [-0.15, -0.1) is 11.3 Å². The number of carbonyl (C=O) groups is 3. The molecule has 6 heteroatoms. The lowest BCUT2D eigenvalue weighted by molar-refractivity contribution is -0.121. The third kappa shape index (κ3) is 3.91. The summed E-state index contributed by atoms with van der Waals surface area (Å²) >= 11 is 1.55. The molecule has 0 saturated carbocycles. The van der Waals surface area contributed by atoms with Crippen LogP contribution in [0.2, 0.25) is 0 Å². The zero-order valence-electron chi connectivity index (χ0n) is 16.6. The maximum Gasteiger partial charge on any atom is 0.262 e. The standard InChI is InChI=1S/C24H22N2O3S/c1-2-6-16-10-12-17(13-11-16)22(20-9-5-14-30-20)25-21(27)15-26-23(28)18-7-3-4-8-19(18)24(26)29/h3-5,7-14,22H,2,6,15H2,1H3,(H,25,27)/t22-/m0/s1. The van der Waals surface area contributed by atoms with Crippen LogP contribution in [0.3, 0.4) is 0 Å². The Bertz CT molecular complexity index is 1040. The minimum Gasteiger partial charge on any atom is -0.343 e. The smallest absolute Gasteiger partial charge is 0.262 e. The summed E-state index contributed by atoms with van der Waals surface area (Å²) in [6, 6.07) is 18.4. The van der Waals surface area contributed by atoms with Crippen LogP contribution >= 0.6 is 11.3 Å². The molecule has 1 aliphatic heterocycles. The Balaban J connectivity index is 1.52. The fourth-order valence-corrected chi connectivity index (χ4v) is 4.48. The van der Waals surface area contributed by atoms with Crippen LogP contribution in [0, 0.1) is 0 Å². The molecular formula is C24H22N2O3S. The summed E-state index contributed by atoms with van der Waals surface area (Å²) < 4.78 is 0. The second-order valence-electron chi connectivity index (χ2n) is 7.25. The molecule has 1 atom stereocenters. The number of fused-ring (bicyclic) bond motifs is 1. The summed E-state index contributed by atoms with van der Waals surface area (Å²) in [5.41, 5.74) is 2.91. The van der Waals surface area contributed by atoms with Crippen LogP contribution in [0.4, 0.5) is 0 Å². The van der Waals surface area contributed by atoms with Crippen molar-refractivity contribution < 1.29 is 14.4 Å². The van der Waals surface area contributed by atoms with Crippen molar-refractivity contribution in [3.05, 3.63) is 93.2 Å². The van der Waals surface area contributed by atoms with Crippen LogP contribution in [-0.4, -0.2) is 29.2 Å². The Labute approximate surface area is 179 Å². The first kappa shape index (κ1) is 20.0. The molecule has 3 amide bonds. The molecule has 0 saturated heterocycles. The molecule has 152 valence electrons. The van der Waals surface area contributed by atoms with Gasteiger partial charge in [-0.1, -0.05) is 55.8 Å². The van der Waals surface area contributed by atoms with E-state index in [1.165, 1.54) is 5.56 Å². The van der Waals surface area contributed by atoms with Gasteiger partial charge in [-0.2, -0.15) is 0 Å². The summed E-state index contributed by atoms with van der Waals surface area (Å²) in [7, 11) is 0. The van der Waals surface area contributed by atoms with Crippen LogP contribution < -0.4 is 5.32 Å². The molecule has 5 nitrogen and oxygen atoms in total. The number of hydrogen-bond acceptors (Lipinski definition) is 4. The van der Waals surface area contributed by atoms with Gasteiger partial charge in [0.2, 0.25) is 5.91 Å². The van der Waals surface area contributed by atoms with Gasteiger partial charge in [0.1, 0.15) is 6.54 Å². The lowest BCUT2D eigenvalue weighted by Crippen LogP contribution is -2.41. The number of aryl methyl sites for hydroxylation is 1. The van der Waals surface area contributed by atoms with Crippen molar-refractivity contribution in [3.63, 3.8) is 0 Å². The normalized spacial score (nSPS) is 14.0. The highest BCUT2D eigenvalue weighted by Gasteiger charge is 2.36. The molecule has 0 spiro atoms. The van der Waals surface area contributed by atoms with Crippen molar-refractivity contribution in [2.45, 2.75) is 25.8 Å². The molecule has 1 aliphatic rings. The summed E-state index contributed by atoms with van der Waals surface area (Å²) in [5.74, 6) is -1.23. The van der Waals surface area contributed by atoms with Crippen molar-refractivity contribution in [1.82, 2.24) is 10.2 Å². The second kappa shape index (κ2) is 8.63. The highest BCUT2D eigenvalue weighted by atomic mass is 32.1. The lowest BCUT2D eigenvalue weighted by atomic mass is 10.0. The summed E-state index contributed by atoms with van der Waals surface area (Å²) in [6.45, 7) is 1.84. The molecule has 0 radical (unpaired) electrons. The summed E-state index contributed by atoms with van der Waals surface area (Å²) in [4.78, 5) is 39.9. The van der Waals surface area contributed by atoms with Gasteiger partial charge in [-0.05, 0) is 41.1 Å².